The third kappa shape index (κ3) is 3.95. The average Bonchev–Trinajstić information content (AvgIpc) is 2.25. The monoisotopic (exact) mass is 195 g/mol. The Balaban J connectivity index is 2.19. The Hall–Kier alpha value is -0.790. The molecule has 1 fully saturated rings. The van der Waals surface area contributed by atoms with Crippen LogP contribution in [0.3, 0.4) is 0 Å². The Kier molecular flexibility index (Phi) is 5.35. The van der Waals surface area contributed by atoms with Crippen LogP contribution in [0.15, 0.2) is 12.2 Å². The molecule has 0 atom stereocenters. The first-order valence-electron chi connectivity index (χ1n) is 5.77. The summed E-state index contributed by atoms with van der Waals surface area (Å²) < 4.78 is 0. The van der Waals surface area contributed by atoms with Gasteiger partial charge in [-0.25, -0.2) is 0 Å². The van der Waals surface area contributed by atoms with Crippen molar-refractivity contribution in [3.63, 3.8) is 0 Å². The Labute approximate surface area is 87.0 Å². The van der Waals surface area contributed by atoms with E-state index in [0.717, 1.165) is 25.9 Å². The summed E-state index contributed by atoms with van der Waals surface area (Å²) in [6.07, 6.45) is 10.6. The van der Waals surface area contributed by atoms with Gasteiger partial charge in [-0.2, -0.15) is 0 Å². The molecule has 0 bridgehead atoms. The molecule has 0 aliphatic carbocycles. The molecule has 0 spiro atoms. The van der Waals surface area contributed by atoms with E-state index < -0.39 is 0 Å². The zero-order valence-electron chi connectivity index (χ0n) is 9.17. The maximum absolute atomic E-state index is 11.6. The van der Waals surface area contributed by atoms with Crippen molar-refractivity contribution in [3.8, 4) is 0 Å². The van der Waals surface area contributed by atoms with Crippen LogP contribution in [-0.4, -0.2) is 23.9 Å². The topological polar surface area (TPSA) is 20.3 Å². The fraction of sp³-hybridized carbons (Fsp3) is 0.750. The van der Waals surface area contributed by atoms with Crippen LogP contribution in [0.5, 0.6) is 0 Å². The van der Waals surface area contributed by atoms with Crippen molar-refractivity contribution in [1.82, 2.24) is 4.90 Å². The van der Waals surface area contributed by atoms with Crippen molar-refractivity contribution in [1.29, 1.82) is 0 Å². The minimum atomic E-state index is 0.303. The molecule has 0 N–H and O–H groups in total. The maximum Gasteiger partial charge on any atom is 0.226 e. The third-order valence-electron chi connectivity index (χ3n) is 2.62. The van der Waals surface area contributed by atoms with E-state index in [9.17, 15) is 4.79 Å². The van der Waals surface area contributed by atoms with Crippen molar-refractivity contribution in [2.75, 3.05) is 13.1 Å². The van der Waals surface area contributed by atoms with Crippen molar-refractivity contribution in [2.24, 2.45) is 0 Å². The highest BCUT2D eigenvalue weighted by molar-refractivity contribution is 5.77. The summed E-state index contributed by atoms with van der Waals surface area (Å²) in [4.78, 5) is 13.6. The minimum Gasteiger partial charge on any atom is -0.342 e. The lowest BCUT2D eigenvalue weighted by Crippen LogP contribution is -2.35. The van der Waals surface area contributed by atoms with Gasteiger partial charge in [-0.1, -0.05) is 25.5 Å². The van der Waals surface area contributed by atoms with Crippen LogP contribution in [0.1, 0.15) is 45.4 Å². The lowest BCUT2D eigenvalue weighted by Gasteiger charge is -2.26. The highest BCUT2D eigenvalue weighted by Gasteiger charge is 2.14. The molecule has 80 valence electrons. The quantitative estimate of drug-likeness (QED) is 0.632. The van der Waals surface area contributed by atoms with E-state index in [1.54, 1.807) is 0 Å². The Morgan fingerprint density at radius 1 is 1.21 bits per heavy atom. The number of hydrogen-bond donors (Lipinski definition) is 0. The minimum absolute atomic E-state index is 0.303. The molecule has 0 saturated carbocycles. The number of hydrogen-bond acceptors (Lipinski definition) is 1. The number of carbonyl (C=O) groups excluding carboxylic acids is 1. The second-order valence-electron chi connectivity index (χ2n) is 3.91. The molecule has 1 saturated heterocycles. The number of carbonyl (C=O) groups is 1. The van der Waals surface area contributed by atoms with E-state index in [0.29, 0.717) is 12.3 Å². The standard InChI is InChI=1S/C12H21NO/c1-2-3-4-6-9-12(14)13-10-7-5-8-11-13/h4,6H,2-3,5,7-11H2,1H3/b6-4+. The maximum atomic E-state index is 11.6. The molecule has 1 aliphatic heterocycles. The lowest BCUT2D eigenvalue weighted by molar-refractivity contribution is -0.131. The number of unbranched alkanes of at least 4 members (excludes halogenated alkanes) is 1. The molecule has 1 heterocycles. The van der Waals surface area contributed by atoms with Gasteiger partial charge in [0.2, 0.25) is 5.91 Å². The SMILES string of the molecule is CCC/C=C/CC(=O)N1CCCCC1. The van der Waals surface area contributed by atoms with Gasteiger partial charge in [0.15, 0.2) is 0 Å². The normalized spacial score (nSPS) is 17.6. The predicted molar refractivity (Wildman–Crippen MR) is 59.1 cm³/mol. The molecule has 0 aromatic heterocycles. The number of rotatable bonds is 4. The summed E-state index contributed by atoms with van der Waals surface area (Å²) in [6.45, 7) is 4.09. The highest BCUT2D eigenvalue weighted by Crippen LogP contribution is 2.10. The fourth-order valence-corrected chi connectivity index (χ4v) is 1.74. The highest BCUT2D eigenvalue weighted by atomic mass is 16.2. The van der Waals surface area contributed by atoms with Gasteiger partial charge in [0.1, 0.15) is 0 Å². The van der Waals surface area contributed by atoms with Crippen molar-refractivity contribution < 1.29 is 4.79 Å². The van der Waals surface area contributed by atoms with Crippen LogP contribution >= 0.6 is 0 Å². The second-order valence-corrected chi connectivity index (χ2v) is 3.91. The number of amides is 1. The zero-order valence-corrected chi connectivity index (χ0v) is 9.17. The Morgan fingerprint density at radius 3 is 2.57 bits per heavy atom. The van der Waals surface area contributed by atoms with E-state index in [2.05, 4.69) is 13.0 Å². The summed E-state index contributed by atoms with van der Waals surface area (Å²) >= 11 is 0. The lowest BCUT2D eigenvalue weighted by atomic mass is 10.1. The van der Waals surface area contributed by atoms with Crippen molar-refractivity contribution >= 4 is 5.91 Å². The van der Waals surface area contributed by atoms with Crippen LogP contribution in [0.2, 0.25) is 0 Å². The molecule has 1 rings (SSSR count). The van der Waals surface area contributed by atoms with Crippen molar-refractivity contribution in [3.05, 3.63) is 12.2 Å². The van der Waals surface area contributed by atoms with Crippen molar-refractivity contribution in [2.45, 2.75) is 45.4 Å². The molecule has 2 heteroatoms. The largest absolute Gasteiger partial charge is 0.342 e. The Bertz CT molecular complexity index is 192. The molecular formula is C12H21NO. The zero-order chi connectivity index (χ0) is 10.2. The summed E-state index contributed by atoms with van der Waals surface area (Å²) in [7, 11) is 0. The Morgan fingerprint density at radius 2 is 1.93 bits per heavy atom. The van der Waals surface area contributed by atoms with Crippen LogP contribution < -0.4 is 0 Å². The van der Waals surface area contributed by atoms with Crippen LogP contribution in [0, 0.1) is 0 Å². The van der Waals surface area contributed by atoms with Gasteiger partial charge in [0.05, 0.1) is 0 Å². The number of piperidine rings is 1. The molecule has 0 unspecified atom stereocenters. The van der Waals surface area contributed by atoms with Gasteiger partial charge in [0, 0.05) is 19.5 Å². The molecule has 1 aliphatic rings. The van der Waals surface area contributed by atoms with E-state index in [1.165, 1.54) is 19.3 Å². The summed E-state index contributed by atoms with van der Waals surface area (Å²) in [5.41, 5.74) is 0. The third-order valence-corrected chi connectivity index (χ3v) is 2.62. The van der Waals surface area contributed by atoms with Crippen LogP contribution in [-0.2, 0) is 4.79 Å². The second kappa shape index (κ2) is 6.63. The van der Waals surface area contributed by atoms with E-state index in [1.807, 2.05) is 11.0 Å². The molecule has 2 nitrogen and oxygen atoms in total. The first kappa shape index (κ1) is 11.3. The number of nitrogens with zero attached hydrogens (tertiary/aromatic N) is 1. The molecule has 0 aromatic rings. The number of likely N-dealkylation sites (tertiary alicyclic amines) is 1. The summed E-state index contributed by atoms with van der Waals surface area (Å²) in [6, 6.07) is 0. The average molecular weight is 195 g/mol. The van der Waals surface area contributed by atoms with Gasteiger partial charge in [-0.05, 0) is 25.7 Å². The summed E-state index contributed by atoms with van der Waals surface area (Å²) in [5.74, 6) is 0.303. The first-order valence-corrected chi connectivity index (χ1v) is 5.77. The van der Waals surface area contributed by atoms with Crippen LogP contribution in [0.4, 0.5) is 0 Å². The number of allylic oxidation sites excluding steroid dienone is 1. The molecule has 0 aromatic carbocycles. The first-order chi connectivity index (χ1) is 6.84. The van der Waals surface area contributed by atoms with Gasteiger partial charge in [-0.15, -0.1) is 0 Å². The van der Waals surface area contributed by atoms with E-state index >= 15 is 0 Å². The van der Waals surface area contributed by atoms with Gasteiger partial charge in [0.25, 0.3) is 0 Å². The molecular weight excluding hydrogens is 174 g/mol. The van der Waals surface area contributed by atoms with Crippen LogP contribution in [0.25, 0.3) is 0 Å². The van der Waals surface area contributed by atoms with Gasteiger partial charge >= 0.3 is 0 Å². The van der Waals surface area contributed by atoms with Gasteiger partial charge in [-0.3, -0.25) is 4.79 Å². The summed E-state index contributed by atoms with van der Waals surface area (Å²) in [5, 5.41) is 0. The van der Waals surface area contributed by atoms with Gasteiger partial charge < -0.3 is 4.90 Å². The molecule has 14 heavy (non-hydrogen) atoms. The molecule has 1 amide bonds. The fourth-order valence-electron chi connectivity index (χ4n) is 1.74. The molecule has 0 radical (unpaired) electrons. The van der Waals surface area contributed by atoms with E-state index in [4.69, 9.17) is 0 Å². The predicted octanol–water partition coefficient (Wildman–Crippen LogP) is 2.75. The smallest absolute Gasteiger partial charge is 0.226 e. The van der Waals surface area contributed by atoms with E-state index in [-0.39, 0.29) is 0 Å².